The van der Waals surface area contributed by atoms with Gasteiger partial charge in [-0.25, -0.2) is 4.98 Å². The van der Waals surface area contributed by atoms with Crippen LogP contribution in [0.3, 0.4) is 0 Å². The lowest BCUT2D eigenvalue weighted by atomic mass is 10.1. The second-order valence-corrected chi connectivity index (χ2v) is 4.02. The fourth-order valence-electron chi connectivity index (χ4n) is 1.78. The van der Waals surface area contributed by atoms with E-state index in [1.807, 2.05) is 18.3 Å². The molecule has 0 spiro atoms. The Morgan fingerprint density at radius 3 is 2.94 bits per heavy atom. The van der Waals surface area contributed by atoms with Gasteiger partial charge in [-0.1, -0.05) is 12.1 Å². The van der Waals surface area contributed by atoms with Crippen LogP contribution in [-0.4, -0.2) is 22.4 Å². The molecule has 18 heavy (non-hydrogen) atoms. The molecule has 0 saturated heterocycles. The minimum absolute atomic E-state index is 0.410. The highest BCUT2D eigenvalue weighted by Gasteiger charge is 2.05. The van der Waals surface area contributed by atoms with Crippen molar-refractivity contribution in [3.63, 3.8) is 0 Å². The maximum Gasteiger partial charge on any atom is 0.250 e. The maximum atomic E-state index is 11.2. The average molecular weight is 244 g/mol. The molecule has 2 rings (SSSR count). The second kappa shape index (κ2) is 5.86. The van der Waals surface area contributed by atoms with Crippen LogP contribution in [0, 0.1) is 0 Å². The Kier molecular flexibility index (Phi) is 3.96. The molecular formula is C13H16N4O. The Balaban J connectivity index is 1.85. The first-order valence-corrected chi connectivity index (χ1v) is 5.87. The van der Waals surface area contributed by atoms with Crippen molar-refractivity contribution in [1.82, 2.24) is 9.97 Å². The number of amides is 1. The number of carbonyl (C=O) groups is 1. The predicted octanol–water partition coefficient (Wildman–Crippen LogP) is 1.55. The van der Waals surface area contributed by atoms with E-state index in [2.05, 4.69) is 15.3 Å². The Labute approximate surface area is 105 Å². The Morgan fingerprint density at radius 2 is 2.22 bits per heavy atom. The van der Waals surface area contributed by atoms with Gasteiger partial charge in [-0.3, -0.25) is 4.79 Å². The summed E-state index contributed by atoms with van der Waals surface area (Å²) in [5, 5.41) is 3.22. The molecule has 1 amide bonds. The van der Waals surface area contributed by atoms with Crippen molar-refractivity contribution in [2.45, 2.75) is 12.8 Å². The molecule has 5 heteroatoms. The van der Waals surface area contributed by atoms with Gasteiger partial charge in [-0.05, 0) is 25.0 Å². The fraction of sp³-hybridized carbons (Fsp3) is 0.231. The summed E-state index contributed by atoms with van der Waals surface area (Å²) in [6, 6.07) is 7.26. The number of benzene rings is 1. The van der Waals surface area contributed by atoms with E-state index in [0.29, 0.717) is 5.56 Å². The molecule has 1 aromatic heterocycles. The zero-order valence-electron chi connectivity index (χ0n) is 10.0. The standard InChI is InChI=1S/C13H16N4O/c14-13(18)11-5-1-2-6-12(11)16-7-3-4-10-8-15-9-17-10/h1-2,5-6,8-9,16H,3-4,7H2,(H2,14,18)(H,15,17). The van der Waals surface area contributed by atoms with Gasteiger partial charge < -0.3 is 16.0 Å². The van der Waals surface area contributed by atoms with Crippen molar-refractivity contribution in [2.75, 3.05) is 11.9 Å². The summed E-state index contributed by atoms with van der Waals surface area (Å²) < 4.78 is 0. The summed E-state index contributed by atoms with van der Waals surface area (Å²) in [6.45, 7) is 0.781. The molecule has 0 aliphatic carbocycles. The lowest BCUT2D eigenvalue weighted by molar-refractivity contribution is 0.100. The molecule has 0 atom stereocenters. The summed E-state index contributed by atoms with van der Waals surface area (Å²) in [4.78, 5) is 18.2. The van der Waals surface area contributed by atoms with Crippen LogP contribution in [0.4, 0.5) is 5.69 Å². The Morgan fingerprint density at radius 1 is 1.39 bits per heavy atom. The van der Waals surface area contributed by atoms with Crippen LogP contribution in [0.2, 0.25) is 0 Å². The molecule has 1 aromatic carbocycles. The normalized spacial score (nSPS) is 10.2. The molecule has 0 unspecified atom stereocenters. The van der Waals surface area contributed by atoms with Gasteiger partial charge in [0.05, 0.1) is 11.9 Å². The fourth-order valence-corrected chi connectivity index (χ4v) is 1.78. The van der Waals surface area contributed by atoms with Crippen molar-refractivity contribution >= 4 is 11.6 Å². The van der Waals surface area contributed by atoms with Crippen LogP contribution in [0.5, 0.6) is 0 Å². The van der Waals surface area contributed by atoms with E-state index in [-0.39, 0.29) is 0 Å². The Hall–Kier alpha value is -2.30. The van der Waals surface area contributed by atoms with Gasteiger partial charge in [-0.15, -0.1) is 0 Å². The van der Waals surface area contributed by atoms with Crippen molar-refractivity contribution in [3.8, 4) is 0 Å². The van der Waals surface area contributed by atoms with E-state index in [1.54, 1.807) is 18.5 Å². The number of aryl methyl sites for hydroxylation is 1. The molecular weight excluding hydrogens is 228 g/mol. The molecule has 1 heterocycles. The molecule has 94 valence electrons. The number of aromatic nitrogens is 2. The number of nitrogens with one attached hydrogen (secondary N) is 2. The van der Waals surface area contributed by atoms with Crippen molar-refractivity contribution in [1.29, 1.82) is 0 Å². The Bertz CT molecular complexity index is 507. The first-order chi connectivity index (χ1) is 8.77. The zero-order chi connectivity index (χ0) is 12.8. The number of imidazole rings is 1. The summed E-state index contributed by atoms with van der Waals surface area (Å²) in [5.41, 5.74) is 7.73. The highest BCUT2D eigenvalue weighted by Crippen LogP contribution is 2.14. The van der Waals surface area contributed by atoms with Gasteiger partial charge in [0.2, 0.25) is 0 Å². The average Bonchev–Trinajstić information content (AvgIpc) is 2.88. The van der Waals surface area contributed by atoms with E-state index >= 15 is 0 Å². The molecule has 0 aliphatic rings. The first kappa shape index (κ1) is 12.2. The summed E-state index contributed by atoms with van der Waals surface area (Å²) in [6.07, 6.45) is 5.36. The van der Waals surface area contributed by atoms with Crippen molar-refractivity contribution < 1.29 is 4.79 Å². The van der Waals surface area contributed by atoms with Gasteiger partial charge in [0.15, 0.2) is 0 Å². The topological polar surface area (TPSA) is 83.8 Å². The second-order valence-electron chi connectivity index (χ2n) is 4.02. The lowest BCUT2D eigenvalue weighted by Crippen LogP contribution is -2.15. The molecule has 2 aromatic rings. The highest BCUT2D eigenvalue weighted by molar-refractivity contribution is 5.98. The molecule has 0 fully saturated rings. The van der Waals surface area contributed by atoms with E-state index in [9.17, 15) is 4.79 Å². The number of rotatable bonds is 6. The summed E-state index contributed by atoms with van der Waals surface area (Å²) in [5.74, 6) is -0.410. The SMILES string of the molecule is NC(=O)c1ccccc1NCCCc1cnc[nH]1. The number of carbonyl (C=O) groups excluding carboxylic acids is 1. The number of hydrogen-bond donors (Lipinski definition) is 3. The monoisotopic (exact) mass is 244 g/mol. The van der Waals surface area contributed by atoms with Crippen molar-refractivity contribution in [2.24, 2.45) is 5.73 Å². The van der Waals surface area contributed by atoms with Gasteiger partial charge >= 0.3 is 0 Å². The number of primary amides is 1. The molecule has 0 radical (unpaired) electrons. The van der Waals surface area contributed by atoms with Gasteiger partial charge in [0.1, 0.15) is 0 Å². The number of H-pyrrole nitrogens is 1. The largest absolute Gasteiger partial charge is 0.384 e. The zero-order valence-corrected chi connectivity index (χ0v) is 10.0. The third-order valence-corrected chi connectivity index (χ3v) is 2.69. The number of nitrogens with two attached hydrogens (primary N) is 1. The minimum Gasteiger partial charge on any atom is -0.384 e. The van der Waals surface area contributed by atoms with Gasteiger partial charge in [0, 0.05) is 24.1 Å². The number of para-hydroxylation sites is 1. The first-order valence-electron chi connectivity index (χ1n) is 5.87. The molecule has 4 N–H and O–H groups in total. The van der Waals surface area contributed by atoms with Gasteiger partial charge in [0.25, 0.3) is 5.91 Å². The van der Waals surface area contributed by atoms with E-state index in [0.717, 1.165) is 30.8 Å². The maximum absolute atomic E-state index is 11.2. The quantitative estimate of drug-likeness (QED) is 0.674. The van der Waals surface area contributed by atoms with Crippen LogP contribution in [0.1, 0.15) is 22.5 Å². The van der Waals surface area contributed by atoms with E-state index in [4.69, 9.17) is 5.73 Å². The molecule has 0 aliphatic heterocycles. The van der Waals surface area contributed by atoms with Crippen LogP contribution in [0.25, 0.3) is 0 Å². The van der Waals surface area contributed by atoms with Gasteiger partial charge in [-0.2, -0.15) is 0 Å². The highest BCUT2D eigenvalue weighted by atomic mass is 16.1. The van der Waals surface area contributed by atoms with Crippen LogP contribution >= 0.6 is 0 Å². The van der Waals surface area contributed by atoms with Crippen LogP contribution in [-0.2, 0) is 6.42 Å². The van der Waals surface area contributed by atoms with E-state index in [1.165, 1.54) is 0 Å². The van der Waals surface area contributed by atoms with Crippen LogP contribution in [0.15, 0.2) is 36.8 Å². The van der Waals surface area contributed by atoms with Crippen LogP contribution < -0.4 is 11.1 Å². The van der Waals surface area contributed by atoms with Crippen molar-refractivity contribution in [3.05, 3.63) is 48.0 Å². The summed E-state index contributed by atoms with van der Waals surface area (Å²) in [7, 11) is 0. The number of hydrogen-bond acceptors (Lipinski definition) is 3. The number of aromatic amines is 1. The third kappa shape index (κ3) is 3.10. The molecule has 0 bridgehead atoms. The van der Waals surface area contributed by atoms with E-state index < -0.39 is 5.91 Å². The lowest BCUT2D eigenvalue weighted by Gasteiger charge is -2.09. The smallest absolute Gasteiger partial charge is 0.250 e. The summed E-state index contributed by atoms with van der Waals surface area (Å²) >= 11 is 0. The number of nitrogens with zero attached hydrogens (tertiary/aromatic N) is 1. The molecule has 5 nitrogen and oxygen atoms in total. The number of anilines is 1. The minimum atomic E-state index is -0.410. The third-order valence-electron chi connectivity index (χ3n) is 2.69. The molecule has 0 saturated carbocycles. The predicted molar refractivity (Wildman–Crippen MR) is 70.4 cm³/mol.